The molecule has 0 amide bonds. The van der Waals surface area contributed by atoms with Crippen LogP contribution in [0, 0.1) is 0 Å². The van der Waals surface area contributed by atoms with Gasteiger partial charge in [-0.1, -0.05) is 0 Å². The van der Waals surface area contributed by atoms with Gasteiger partial charge in [-0.2, -0.15) is 5.10 Å². The molecule has 1 aromatic heterocycles. The molecule has 0 bridgehead atoms. The van der Waals surface area contributed by atoms with Crippen LogP contribution >= 0.6 is 0 Å². The first-order valence-corrected chi connectivity index (χ1v) is 2.52. The predicted octanol–water partition coefficient (Wildman–Crippen LogP) is -0.0790. The molecule has 4 nitrogen and oxygen atoms in total. The van der Waals surface area contributed by atoms with Gasteiger partial charge in [-0.15, -0.1) is 0 Å². The second-order valence-corrected chi connectivity index (χ2v) is 1.64. The highest BCUT2D eigenvalue weighted by atomic mass is 16.5. The third-order valence-electron chi connectivity index (χ3n) is 1.01. The molecule has 0 saturated carbocycles. The van der Waals surface area contributed by atoms with E-state index in [9.17, 15) is 0 Å². The van der Waals surface area contributed by atoms with Gasteiger partial charge in [0.1, 0.15) is 5.69 Å². The Morgan fingerprint density at radius 1 is 2.00 bits per heavy atom. The van der Waals surface area contributed by atoms with Crippen LogP contribution in [0.4, 0.5) is 0 Å². The molecular formula is C6H10N2O2. The van der Waals surface area contributed by atoms with E-state index in [1.807, 2.05) is 0 Å². The van der Waals surface area contributed by atoms with Crippen molar-refractivity contribution in [3.05, 3.63) is 11.9 Å². The van der Waals surface area contributed by atoms with Crippen LogP contribution in [-0.4, -0.2) is 21.9 Å². The van der Waals surface area contributed by atoms with Crippen LogP contribution in [0.5, 0.6) is 5.75 Å². The zero-order valence-electron chi connectivity index (χ0n) is 11.0. The molecule has 0 aliphatic heterocycles. The summed E-state index contributed by atoms with van der Waals surface area (Å²) in [4.78, 5) is 0. The van der Waals surface area contributed by atoms with Crippen molar-refractivity contribution in [1.82, 2.24) is 9.78 Å². The lowest BCUT2D eigenvalue weighted by Gasteiger charge is -1.93. The predicted molar refractivity (Wildman–Crippen MR) is 35.7 cm³/mol. The number of methoxy groups -OCH3 is 1. The van der Waals surface area contributed by atoms with Crippen molar-refractivity contribution in [3.63, 3.8) is 0 Å². The summed E-state index contributed by atoms with van der Waals surface area (Å²) in [6.07, 6.45) is 0.922. The molecule has 0 saturated heterocycles. The fourth-order valence-electron chi connectivity index (χ4n) is 0.589. The molecular weight excluding hydrogens is 132 g/mol. The number of hydrogen-bond acceptors (Lipinski definition) is 3. The van der Waals surface area contributed by atoms with E-state index >= 15 is 0 Å². The first-order valence-electron chi connectivity index (χ1n) is 5.52. The molecule has 0 spiro atoms. The Kier molecular flexibility index (Phi) is 0.687. The molecule has 0 radical (unpaired) electrons. The van der Waals surface area contributed by atoms with E-state index in [-0.39, 0.29) is 11.4 Å². The Balaban J connectivity index is 3.05. The number of nitrogens with zero attached hydrogens (tertiary/aromatic N) is 2. The normalized spacial score (nSPS) is 21.3. The third kappa shape index (κ3) is 1.11. The van der Waals surface area contributed by atoms with E-state index in [4.69, 9.17) is 13.3 Å². The largest absolute Gasteiger partial charge is 0.493 e. The number of aliphatic hydroxyl groups is 1. The Morgan fingerprint density at radius 3 is 3.50 bits per heavy atom. The van der Waals surface area contributed by atoms with E-state index in [1.54, 1.807) is 0 Å². The molecule has 10 heavy (non-hydrogen) atoms. The minimum Gasteiger partial charge on any atom is -0.493 e. The Labute approximate surface area is 67.5 Å². The average Bonchev–Trinajstić information content (AvgIpc) is 2.43. The molecule has 1 N–H and O–H groups in total. The molecule has 0 atom stereocenters. The summed E-state index contributed by atoms with van der Waals surface area (Å²) >= 11 is 0. The van der Waals surface area contributed by atoms with Gasteiger partial charge < -0.3 is 9.84 Å². The van der Waals surface area contributed by atoms with Gasteiger partial charge in [-0.25, -0.2) is 0 Å². The molecule has 0 aromatic carbocycles. The summed E-state index contributed by atoms with van der Waals surface area (Å²) < 4.78 is 46.8. The lowest BCUT2D eigenvalue weighted by atomic mass is 10.4. The van der Waals surface area contributed by atoms with E-state index < -0.39 is 20.6 Å². The summed E-state index contributed by atoms with van der Waals surface area (Å²) in [6, 6.07) is 0. The lowest BCUT2D eigenvalue weighted by molar-refractivity contribution is 0.268. The molecule has 0 aliphatic carbocycles. The minimum absolute atomic E-state index is 0.132. The van der Waals surface area contributed by atoms with Crippen molar-refractivity contribution < 1.29 is 18.1 Å². The molecule has 0 fully saturated rings. The smallest absolute Gasteiger partial charge is 0.162 e. The Bertz CT molecular complexity index is 368. The summed E-state index contributed by atoms with van der Waals surface area (Å²) in [5.74, 6) is -0.265. The number of aliphatic hydroxyl groups excluding tert-OH is 1. The van der Waals surface area contributed by atoms with Crippen molar-refractivity contribution in [2.24, 2.45) is 6.98 Å². The first-order chi connectivity index (χ1) is 7.13. The van der Waals surface area contributed by atoms with Gasteiger partial charge in [-0.3, -0.25) is 4.68 Å². The monoisotopic (exact) mass is 148 g/mol. The van der Waals surface area contributed by atoms with Gasteiger partial charge in [0, 0.05) is 11.1 Å². The highest BCUT2D eigenvalue weighted by Gasteiger charge is 2.04. The van der Waals surface area contributed by atoms with Crippen LogP contribution < -0.4 is 4.74 Å². The maximum atomic E-state index is 8.87. The molecule has 4 heteroatoms. The van der Waals surface area contributed by atoms with Crippen molar-refractivity contribution in [3.8, 4) is 5.75 Å². The maximum Gasteiger partial charge on any atom is 0.162 e. The molecule has 1 rings (SSSR count). The van der Waals surface area contributed by atoms with Gasteiger partial charge in [0.2, 0.25) is 0 Å². The van der Waals surface area contributed by atoms with Crippen molar-refractivity contribution in [2.75, 3.05) is 7.04 Å². The fraction of sp³-hybridized carbons (Fsp3) is 0.500. The summed E-state index contributed by atoms with van der Waals surface area (Å²) in [5.41, 5.74) is -0.132. The Hall–Kier alpha value is -1.03. The van der Waals surface area contributed by atoms with Crippen LogP contribution in [0.3, 0.4) is 0 Å². The number of aromatic nitrogens is 2. The van der Waals surface area contributed by atoms with Gasteiger partial charge in [0.05, 0.1) is 24.0 Å². The Morgan fingerprint density at radius 2 is 2.90 bits per heavy atom. The second-order valence-electron chi connectivity index (χ2n) is 1.64. The van der Waals surface area contributed by atoms with Gasteiger partial charge in [-0.05, 0) is 0 Å². The van der Waals surface area contributed by atoms with Crippen molar-refractivity contribution >= 4 is 0 Å². The van der Waals surface area contributed by atoms with E-state index in [1.165, 1.54) is 0 Å². The third-order valence-corrected chi connectivity index (χ3v) is 1.01. The number of hydrogen-bond donors (Lipinski definition) is 1. The minimum atomic E-state index is -2.72. The molecule has 0 unspecified atom stereocenters. The zero-order valence-corrected chi connectivity index (χ0v) is 5.03. The highest BCUT2D eigenvalue weighted by molar-refractivity contribution is 5.23. The second kappa shape index (κ2) is 2.70. The highest BCUT2D eigenvalue weighted by Crippen LogP contribution is 2.14. The topological polar surface area (TPSA) is 47.3 Å². The number of rotatable bonds is 2. The van der Waals surface area contributed by atoms with Crippen LogP contribution in [0.1, 0.15) is 13.9 Å². The molecule has 1 aromatic rings. The zero-order chi connectivity index (χ0) is 12.6. The standard InChI is InChI=1S/C6H10N2O2/c1-8-3-6(10-2)5(4-9)7-8/h3,9H,4H2,1-2H3/i1D3,2D3. The van der Waals surface area contributed by atoms with E-state index in [2.05, 4.69) is 9.84 Å². The van der Waals surface area contributed by atoms with Gasteiger partial charge in [0.15, 0.2) is 5.75 Å². The van der Waals surface area contributed by atoms with E-state index in [0.717, 1.165) is 6.20 Å². The first kappa shape index (κ1) is 2.54. The summed E-state index contributed by atoms with van der Waals surface area (Å²) in [5, 5.41) is 12.4. The van der Waals surface area contributed by atoms with Crippen molar-refractivity contribution in [1.29, 1.82) is 0 Å². The van der Waals surface area contributed by atoms with Crippen LogP contribution in [0.15, 0.2) is 6.20 Å². The fourth-order valence-corrected chi connectivity index (χ4v) is 0.589. The molecule has 56 valence electrons. The quantitative estimate of drug-likeness (QED) is 0.638. The van der Waals surface area contributed by atoms with Crippen LogP contribution in [0.25, 0.3) is 0 Å². The van der Waals surface area contributed by atoms with E-state index in [0.29, 0.717) is 4.68 Å². The van der Waals surface area contributed by atoms with Gasteiger partial charge >= 0.3 is 0 Å². The summed E-state index contributed by atoms with van der Waals surface area (Å²) in [7, 11) is -2.72. The summed E-state index contributed by atoms with van der Waals surface area (Å²) in [6.45, 7) is -3.14. The van der Waals surface area contributed by atoms with Crippen molar-refractivity contribution in [2.45, 2.75) is 6.61 Å². The van der Waals surface area contributed by atoms with Crippen LogP contribution in [-0.2, 0) is 13.6 Å². The molecule has 0 aliphatic rings. The average molecular weight is 148 g/mol. The number of aryl methyl sites for hydroxylation is 1. The molecule has 1 heterocycles. The van der Waals surface area contributed by atoms with Crippen LogP contribution in [0.2, 0.25) is 0 Å². The maximum absolute atomic E-state index is 8.87. The number of ether oxygens (including phenoxy) is 1. The SMILES string of the molecule is [2H]C([2H])([2H])Oc1cn(C([2H])([2H])[2H])nc1CO. The lowest BCUT2D eigenvalue weighted by Crippen LogP contribution is -1.91. The van der Waals surface area contributed by atoms with Gasteiger partial charge in [0.25, 0.3) is 0 Å².